The van der Waals surface area contributed by atoms with Gasteiger partial charge in [-0.3, -0.25) is 4.99 Å². The summed E-state index contributed by atoms with van der Waals surface area (Å²) in [5.74, 6) is 0.883. The maximum atomic E-state index is 5.04. The minimum Gasteiger partial charge on any atom is -0.385 e. The first-order chi connectivity index (χ1) is 10.3. The van der Waals surface area contributed by atoms with E-state index in [-0.39, 0.29) is 24.0 Å². The predicted molar refractivity (Wildman–Crippen MR) is 108 cm³/mol. The minimum atomic E-state index is 0. The van der Waals surface area contributed by atoms with Gasteiger partial charge >= 0.3 is 0 Å². The SMILES string of the molecule is CCNC(=NCC(C)Sc1ccccc1)NCCCOC.I. The number of hydrogen-bond acceptors (Lipinski definition) is 3. The normalized spacial score (nSPS) is 12.4. The van der Waals surface area contributed by atoms with Crippen molar-refractivity contribution in [3.8, 4) is 0 Å². The molecule has 0 saturated carbocycles. The van der Waals surface area contributed by atoms with E-state index in [2.05, 4.69) is 53.7 Å². The third-order valence-electron chi connectivity index (χ3n) is 2.75. The second kappa shape index (κ2) is 14.1. The molecule has 0 aromatic heterocycles. The van der Waals surface area contributed by atoms with Crippen molar-refractivity contribution in [1.82, 2.24) is 10.6 Å². The summed E-state index contributed by atoms with van der Waals surface area (Å²) in [5, 5.41) is 7.04. The van der Waals surface area contributed by atoms with Crippen LogP contribution in [-0.2, 0) is 4.74 Å². The van der Waals surface area contributed by atoms with Gasteiger partial charge in [-0.25, -0.2) is 0 Å². The highest BCUT2D eigenvalue weighted by Crippen LogP contribution is 2.22. The molecule has 126 valence electrons. The summed E-state index contributed by atoms with van der Waals surface area (Å²) in [6.07, 6.45) is 0.981. The number of aliphatic imine (C=N–C) groups is 1. The van der Waals surface area contributed by atoms with Gasteiger partial charge in [0.1, 0.15) is 0 Å². The lowest BCUT2D eigenvalue weighted by Crippen LogP contribution is -2.38. The van der Waals surface area contributed by atoms with E-state index in [1.165, 1.54) is 4.90 Å². The van der Waals surface area contributed by atoms with Crippen molar-refractivity contribution >= 4 is 41.7 Å². The first-order valence-corrected chi connectivity index (χ1v) is 8.37. The quantitative estimate of drug-likeness (QED) is 0.205. The topological polar surface area (TPSA) is 45.7 Å². The van der Waals surface area contributed by atoms with Crippen molar-refractivity contribution in [3.63, 3.8) is 0 Å². The fraction of sp³-hybridized carbons (Fsp3) is 0.562. The van der Waals surface area contributed by atoms with Gasteiger partial charge in [0.2, 0.25) is 0 Å². The standard InChI is InChI=1S/C16H27N3OS.HI/c1-4-17-16(18-11-8-12-20-3)19-13-14(2)21-15-9-6-5-7-10-15;/h5-7,9-10,14H,4,8,11-13H2,1-3H3,(H2,17,18,19);1H. The van der Waals surface area contributed by atoms with Gasteiger partial charge in [0.15, 0.2) is 5.96 Å². The number of benzene rings is 1. The zero-order valence-electron chi connectivity index (χ0n) is 13.7. The van der Waals surface area contributed by atoms with Crippen LogP contribution in [0.25, 0.3) is 0 Å². The number of halogens is 1. The van der Waals surface area contributed by atoms with E-state index >= 15 is 0 Å². The second-order valence-corrected chi connectivity index (χ2v) is 6.25. The summed E-state index contributed by atoms with van der Waals surface area (Å²) in [4.78, 5) is 5.93. The van der Waals surface area contributed by atoms with Crippen molar-refractivity contribution in [3.05, 3.63) is 30.3 Å². The Bertz CT molecular complexity index is 404. The maximum Gasteiger partial charge on any atom is 0.191 e. The van der Waals surface area contributed by atoms with Gasteiger partial charge in [-0.05, 0) is 25.5 Å². The molecule has 1 aromatic carbocycles. The summed E-state index contributed by atoms with van der Waals surface area (Å²) in [6.45, 7) is 7.59. The van der Waals surface area contributed by atoms with Crippen LogP contribution in [0.15, 0.2) is 40.2 Å². The number of rotatable bonds is 9. The van der Waals surface area contributed by atoms with Gasteiger partial charge in [-0.2, -0.15) is 0 Å². The molecule has 1 unspecified atom stereocenters. The summed E-state index contributed by atoms with van der Waals surface area (Å²) < 4.78 is 5.04. The first-order valence-electron chi connectivity index (χ1n) is 7.49. The number of nitrogens with one attached hydrogen (secondary N) is 2. The molecular weight excluding hydrogens is 409 g/mol. The number of ether oxygens (including phenoxy) is 1. The minimum absolute atomic E-state index is 0. The highest BCUT2D eigenvalue weighted by Gasteiger charge is 2.04. The molecule has 1 atom stereocenters. The van der Waals surface area contributed by atoms with Crippen molar-refractivity contribution in [2.24, 2.45) is 4.99 Å². The molecule has 0 aliphatic heterocycles. The largest absolute Gasteiger partial charge is 0.385 e. The third-order valence-corrected chi connectivity index (χ3v) is 3.84. The fourth-order valence-electron chi connectivity index (χ4n) is 1.75. The molecule has 0 spiro atoms. The van der Waals surface area contributed by atoms with Crippen molar-refractivity contribution < 1.29 is 4.74 Å². The molecule has 1 aromatic rings. The Kier molecular flexibility index (Phi) is 13.8. The molecule has 0 heterocycles. The van der Waals surface area contributed by atoms with Crippen molar-refractivity contribution in [2.75, 3.05) is 33.4 Å². The second-order valence-electron chi connectivity index (χ2n) is 4.73. The summed E-state index contributed by atoms with van der Waals surface area (Å²) in [7, 11) is 1.72. The molecule has 4 nitrogen and oxygen atoms in total. The number of nitrogens with zero attached hydrogens (tertiary/aromatic N) is 1. The Hall–Kier alpha value is -0.470. The predicted octanol–water partition coefficient (Wildman–Crippen LogP) is 3.38. The van der Waals surface area contributed by atoms with Gasteiger partial charge in [-0.1, -0.05) is 25.1 Å². The Morgan fingerprint density at radius 3 is 2.64 bits per heavy atom. The van der Waals surface area contributed by atoms with Crippen LogP contribution in [0.1, 0.15) is 20.3 Å². The van der Waals surface area contributed by atoms with Crippen LogP contribution in [0.3, 0.4) is 0 Å². The lowest BCUT2D eigenvalue weighted by atomic mass is 10.4. The summed E-state index contributed by atoms with van der Waals surface area (Å²) in [5.41, 5.74) is 0. The van der Waals surface area contributed by atoms with Crippen LogP contribution >= 0.6 is 35.7 Å². The Morgan fingerprint density at radius 2 is 2.00 bits per heavy atom. The molecule has 2 N–H and O–H groups in total. The van der Waals surface area contributed by atoms with Crippen LogP contribution < -0.4 is 10.6 Å². The fourth-order valence-corrected chi connectivity index (χ4v) is 2.68. The van der Waals surface area contributed by atoms with Crippen molar-refractivity contribution in [2.45, 2.75) is 30.4 Å². The number of methoxy groups -OCH3 is 1. The molecular formula is C16H28IN3OS. The van der Waals surface area contributed by atoms with Crippen molar-refractivity contribution in [1.29, 1.82) is 0 Å². The lowest BCUT2D eigenvalue weighted by molar-refractivity contribution is 0.195. The highest BCUT2D eigenvalue weighted by atomic mass is 127. The molecule has 1 rings (SSSR count). The van der Waals surface area contributed by atoms with E-state index < -0.39 is 0 Å². The van der Waals surface area contributed by atoms with E-state index in [4.69, 9.17) is 4.74 Å². The van der Waals surface area contributed by atoms with Gasteiger partial charge in [0, 0.05) is 37.0 Å². The molecule has 0 saturated heterocycles. The maximum absolute atomic E-state index is 5.04. The smallest absolute Gasteiger partial charge is 0.191 e. The molecule has 22 heavy (non-hydrogen) atoms. The third kappa shape index (κ3) is 10.3. The Labute approximate surface area is 155 Å². The number of hydrogen-bond donors (Lipinski definition) is 2. The van der Waals surface area contributed by atoms with Crippen LogP contribution in [0.5, 0.6) is 0 Å². The summed E-state index contributed by atoms with van der Waals surface area (Å²) >= 11 is 1.85. The number of thioether (sulfide) groups is 1. The molecule has 0 aliphatic rings. The molecule has 0 amide bonds. The number of guanidine groups is 1. The molecule has 0 fully saturated rings. The zero-order valence-corrected chi connectivity index (χ0v) is 16.8. The van der Waals surface area contributed by atoms with Gasteiger partial charge in [0.25, 0.3) is 0 Å². The lowest BCUT2D eigenvalue weighted by Gasteiger charge is -2.13. The van der Waals surface area contributed by atoms with E-state index in [1.807, 2.05) is 17.8 Å². The van der Waals surface area contributed by atoms with E-state index in [1.54, 1.807) is 7.11 Å². The molecule has 0 radical (unpaired) electrons. The van der Waals surface area contributed by atoms with Crippen LogP contribution in [0.4, 0.5) is 0 Å². The van der Waals surface area contributed by atoms with E-state index in [9.17, 15) is 0 Å². The van der Waals surface area contributed by atoms with Crippen LogP contribution in [-0.4, -0.2) is 44.6 Å². The van der Waals surface area contributed by atoms with Crippen LogP contribution in [0, 0.1) is 0 Å². The molecule has 0 aliphatic carbocycles. The van der Waals surface area contributed by atoms with E-state index in [0.717, 1.165) is 38.6 Å². The summed E-state index contributed by atoms with van der Waals surface area (Å²) in [6, 6.07) is 10.5. The highest BCUT2D eigenvalue weighted by molar-refractivity contribution is 14.0. The zero-order chi connectivity index (χ0) is 15.3. The monoisotopic (exact) mass is 437 g/mol. The molecule has 6 heteroatoms. The Balaban J connectivity index is 0.00000441. The van der Waals surface area contributed by atoms with Gasteiger partial charge < -0.3 is 15.4 Å². The first kappa shape index (κ1) is 21.5. The van der Waals surface area contributed by atoms with Gasteiger partial charge in [0.05, 0.1) is 6.54 Å². The average Bonchev–Trinajstić information content (AvgIpc) is 2.50. The van der Waals surface area contributed by atoms with Crippen LogP contribution in [0.2, 0.25) is 0 Å². The van der Waals surface area contributed by atoms with E-state index in [0.29, 0.717) is 5.25 Å². The Morgan fingerprint density at radius 1 is 1.27 bits per heavy atom. The molecule has 0 bridgehead atoms. The average molecular weight is 437 g/mol. The van der Waals surface area contributed by atoms with Gasteiger partial charge in [-0.15, -0.1) is 35.7 Å².